The van der Waals surface area contributed by atoms with E-state index in [1.54, 1.807) is 0 Å². The molecule has 2 aromatic heterocycles. The lowest BCUT2D eigenvalue weighted by Gasteiger charge is -2.04. The summed E-state index contributed by atoms with van der Waals surface area (Å²) in [6.45, 7) is 0.691. The summed E-state index contributed by atoms with van der Waals surface area (Å²) in [6.07, 6.45) is 2.87. The third-order valence-electron chi connectivity index (χ3n) is 3.04. The summed E-state index contributed by atoms with van der Waals surface area (Å²) in [5.74, 6) is 1.15. The quantitative estimate of drug-likeness (QED) is 0.352. The van der Waals surface area contributed by atoms with E-state index in [4.69, 9.17) is 10.5 Å². The molecule has 2 N–H and O–H groups in total. The summed E-state index contributed by atoms with van der Waals surface area (Å²) < 4.78 is 7.14. The fourth-order valence-corrected chi connectivity index (χ4v) is 3.28. The number of nitrogens with zero attached hydrogens (tertiary/aromatic N) is 5. The van der Waals surface area contributed by atoms with Crippen molar-refractivity contribution in [2.45, 2.75) is 11.6 Å². The van der Waals surface area contributed by atoms with Crippen LogP contribution in [0.25, 0.3) is 15.7 Å². The van der Waals surface area contributed by atoms with Gasteiger partial charge in [0.15, 0.2) is 0 Å². The molecule has 0 bridgehead atoms. The molecule has 0 amide bonds. The minimum atomic E-state index is 0.303. The largest absolute Gasteiger partial charge is 0.494 e. The molecular weight excluding hydrogens is 412 g/mol. The van der Waals surface area contributed by atoms with E-state index in [2.05, 4.69) is 36.2 Å². The van der Waals surface area contributed by atoms with E-state index in [0.717, 1.165) is 28.1 Å². The Morgan fingerprint density at radius 3 is 2.75 bits per heavy atom. The predicted molar refractivity (Wildman–Crippen MR) is 100 cm³/mol. The van der Waals surface area contributed by atoms with E-state index < -0.39 is 0 Å². The van der Waals surface area contributed by atoms with Crippen molar-refractivity contribution in [2.24, 2.45) is 0 Å². The maximum absolute atomic E-state index is 5.87. The van der Waals surface area contributed by atoms with Gasteiger partial charge in [0.1, 0.15) is 10.8 Å². The molecule has 0 saturated carbocycles. The van der Waals surface area contributed by atoms with E-state index in [1.807, 2.05) is 30.5 Å². The lowest BCUT2D eigenvalue weighted by molar-refractivity contribution is 0.319. The van der Waals surface area contributed by atoms with Crippen molar-refractivity contribution in [3.8, 4) is 21.5 Å². The summed E-state index contributed by atoms with van der Waals surface area (Å²) in [7, 11) is 0. The van der Waals surface area contributed by atoms with Crippen LogP contribution in [0, 0.1) is 0 Å². The standard InChI is InChI=1S/C14H15BrN6OS2/c1-23-13-17-12(16)21(20-13)14-19-18-11(24-14)9-3-5-10(6-4-9)22-8-2-7-15/h3-6H,2,7-8H2,1H3,(H2,16,17,20). The summed E-state index contributed by atoms with van der Waals surface area (Å²) in [5.41, 5.74) is 6.84. The molecule has 24 heavy (non-hydrogen) atoms. The molecule has 0 unspecified atom stereocenters. The van der Waals surface area contributed by atoms with Crippen LogP contribution < -0.4 is 10.5 Å². The lowest BCUT2D eigenvalue weighted by Crippen LogP contribution is -2.01. The van der Waals surface area contributed by atoms with Crippen LogP contribution in [0.5, 0.6) is 5.75 Å². The number of thioether (sulfide) groups is 1. The normalized spacial score (nSPS) is 10.9. The number of nitrogen functional groups attached to an aromatic ring is 1. The van der Waals surface area contributed by atoms with Crippen molar-refractivity contribution in [3.05, 3.63) is 24.3 Å². The van der Waals surface area contributed by atoms with Crippen LogP contribution in [0.2, 0.25) is 0 Å². The van der Waals surface area contributed by atoms with Gasteiger partial charge in [-0.25, -0.2) is 0 Å². The molecule has 2 heterocycles. The molecule has 0 radical (unpaired) electrons. The number of anilines is 1. The first-order valence-electron chi connectivity index (χ1n) is 7.11. The first kappa shape index (κ1) is 17.2. The van der Waals surface area contributed by atoms with Crippen LogP contribution in [0.1, 0.15) is 6.42 Å². The number of aromatic nitrogens is 5. The molecule has 3 rings (SSSR count). The number of rotatable bonds is 7. The molecule has 0 spiro atoms. The number of halogens is 1. The monoisotopic (exact) mass is 426 g/mol. The second-order valence-electron chi connectivity index (χ2n) is 4.67. The van der Waals surface area contributed by atoms with Gasteiger partial charge >= 0.3 is 0 Å². The Morgan fingerprint density at radius 2 is 2.08 bits per heavy atom. The highest BCUT2D eigenvalue weighted by Crippen LogP contribution is 2.28. The lowest BCUT2D eigenvalue weighted by atomic mass is 10.2. The van der Waals surface area contributed by atoms with Crippen molar-refractivity contribution in [1.29, 1.82) is 0 Å². The van der Waals surface area contributed by atoms with Crippen LogP contribution >= 0.6 is 39.0 Å². The van der Waals surface area contributed by atoms with Crippen LogP contribution in [-0.2, 0) is 0 Å². The summed E-state index contributed by atoms with van der Waals surface area (Å²) in [5, 5.41) is 15.6. The predicted octanol–water partition coefficient (Wildman–Crippen LogP) is 3.25. The second-order valence-corrected chi connectivity index (χ2v) is 7.20. The first-order chi connectivity index (χ1) is 11.7. The fraction of sp³-hybridized carbons (Fsp3) is 0.286. The van der Waals surface area contributed by atoms with Crippen molar-refractivity contribution < 1.29 is 4.74 Å². The Morgan fingerprint density at radius 1 is 1.29 bits per heavy atom. The van der Waals surface area contributed by atoms with Crippen molar-refractivity contribution in [1.82, 2.24) is 25.0 Å². The van der Waals surface area contributed by atoms with E-state index in [0.29, 0.717) is 22.8 Å². The average Bonchev–Trinajstić information content (AvgIpc) is 3.22. The van der Waals surface area contributed by atoms with E-state index in [1.165, 1.54) is 27.8 Å². The molecule has 0 aliphatic heterocycles. The van der Waals surface area contributed by atoms with Crippen molar-refractivity contribution in [3.63, 3.8) is 0 Å². The zero-order valence-electron chi connectivity index (χ0n) is 12.8. The number of nitrogens with two attached hydrogens (primary N) is 1. The Labute approximate surface area is 155 Å². The molecule has 0 aliphatic carbocycles. The molecule has 0 aliphatic rings. The van der Waals surface area contributed by atoms with Gasteiger partial charge in [-0.3, -0.25) is 0 Å². The fourth-order valence-electron chi connectivity index (χ4n) is 1.89. The molecule has 10 heteroatoms. The highest BCUT2D eigenvalue weighted by atomic mass is 79.9. The molecule has 126 valence electrons. The van der Waals surface area contributed by atoms with Gasteiger partial charge in [0, 0.05) is 10.9 Å². The van der Waals surface area contributed by atoms with Gasteiger partial charge in [-0.05, 0) is 36.9 Å². The number of alkyl halides is 1. The highest BCUT2D eigenvalue weighted by Gasteiger charge is 2.14. The average molecular weight is 427 g/mol. The topological polar surface area (TPSA) is 91.7 Å². The minimum Gasteiger partial charge on any atom is -0.494 e. The Bertz CT molecular complexity index is 804. The maximum atomic E-state index is 5.87. The molecule has 3 aromatic rings. The number of hydrogen-bond acceptors (Lipinski definition) is 8. The van der Waals surface area contributed by atoms with Gasteiger partial charge in [-0.1, -0.05) is 39.0 Å². The van der Waals surface area contributed by atoms with E-state index in [-0.39, 0.29) is 0 Å². The minimum absolute atomic E-state index is 0.303. The molecule has 0 fully saturated rings. The highest BCUT2D eigenvalue weighted by molar-refractivity contribution is 9.09. The first-order valence-corrected chi connectivity index (χ1v) is 10.3. The van der Waals surface area contributed by atoms with Gasteiger partial charge in [-0.15, -0.1) is 15.3 Å². The molecule has 0 atom stereocenters. The molecular formula is C14H15BrN6OS2. The number of hydrogen-bond donors (Lipinski definition) is 1. The molecule has 0 saturated heterocycles. The van der Waals surface area contributed by atoms with Gasteiger partial charge in [0.2, 0.25) is 16.2 Å². The Balaban J connectivity index is 1.76. The zero-order valence-corrected chi connectivity index (χ0v) is 16.1. The Kier molecular flexibility index (Phi) is 5.69. The Hall–Kier alpha value is -1.65. The second kappa shape index (κ2) is 7.95. The third kappa shape index (κ3) is 3.87. The summed E-state index contributed by atoms with van der Waals surface area (Å²) >= 11 is 6.22. The van der Waals surface area contributed by atoms with Crippen LogP contribution in [-0.4, -0.2) is 43.2 Å². The van der Waals surface area contributed by atoms with Gasteiger partial charge in [-0.2, -0.15) is 9.67 Å². The van der Waals surface area contributed by atoms with Crippen LogP contribution in [0.4, 0.5) is 5.95 Å². The molecule has 1 aromatic carbocycles. The van der Waals surface area contributed by atoms with Crippen LogP contribution in [0.15, 0.2) is 29.4 Å². The van der Waals surface area contributed by atoms with Crippen molar-refractivity contribution in [2.75, 3.05) is 23.9 Å². The SMILES string of the molecule is CSc1nc(N)n(-c2nnc(-c3ccc(OCCCBr)cc3)s2)n1. The molecule has 7 nitrogen and oxygen atoms in total. The van der Waals surface area contributed by atoms with Gasteiger partial charge < -0.3 is 10.5 Å². The smallest absolute Gasteiger partial charge is 0.236 e. The maximum Gasteiger partial charge on any atom is 0.236 e. The van der Waals surface area contributed by atoms with E-state index in [9.17, 15) is 0 Å². The van der Waals surface area contributed by atoms with Crippen molar-refractivity contribution >= 4 is 45.0 Å². The third-order valence-corrected chi connectivity index (χ3v) is 5.09. The summed E-state index contributed by atoms with van der Waals surface area (Å²) in [4.78, 5) is 4.15. The number of ether oxygens (including phenoxy) is 1. The van der Waals surface area contributed by atoms with Gasteiger partial charge in [0.25, 0.3) is 0 Å². The van der Waals surface area contributed by atoms with Crippen LogP contribution in [0.3, 0.4) is 0 Å². The van der Waals surface area contributed by atoms with E-state index >= 15 is 0 Å². The summed E-state index contributed by atoms with van der Waals surface area (Å²) in [6, 6.07) is 7.79. The number of benzene rings is 1. The van der Waals surface area contributed by atoms with Gasteiger partial charge in [0.05, 0.1) is 6.61 Å². The zero-order chi connectivity index (χ0) is 16.9.